The second-order valence-corrected chi connectivity index (χ2v) is 7.43. The molecule has 1 N–H and O–H groups in total. The van der Waals surface area contributed by atoms with Crippen LogP contribution in [0.2, 0.25) is 0 Å². The summed E-state index contributed by atoms with van der Waals surface area (Å²) in [6.07, 6.45) is 4.95. The highest BCUT2D eigenvalue weighted by atomic mass is 16.5. The van der Waals surface area contributed by atoms with Gasteiger partial charge >= 0.3 is 0 Å². The maximum absolute atomic E-state index is 12.7. The van der Waals surface area contributed by atoms with Crippen LogP contribution in [0.5, 0.6) is 5.75 Å². The Bertz CT molecular complexity index is 778. The number of ether oxygens (including phenoxy) is 2. The van der Waals surface area contributed by atoms with Crippen LogP contribution in [-0.4, -0.2) is 48.0 Å². The van der Waals surface area contributed by atoms with Crippen LogP contribution in [0.15, 0.2) is 18.2 Å². The third-order valence-electron chi connectivity index (χ3n) is 5.73. The molecule has 1 saturated carbocycles. The largest absolute Gasteiger partial charge is 0.488 e. The average Bonchev–Trinajstić information content (AvgIpc) is 2.98. The number of hydrogen-bond donors (Lipinski definition) is 1. The molecule has 2 fully saturated rings. The first-order valence-corrected chi connectivity index (χ1v) is 9.54. The van der Waals surface area contributed by atoms with E-state index in [4.69, 9.17) is 9.47 Å². The van der Waals surface area contributed by atoms with Crippen LogP contribution >= 0.6 is 0 Å². The lowest BCUT2D eigenvalue weighted by Gasteiger charge is -2.30. The van der Waals surface area contributed by atoms with Gasteiger partial charge in [0, 0.05) is 25.6 Å². The van der Waals surface area contributed by atoms with Crippen molar-refractivity contribution in [2.24, 2.45) is 0 Å². The Morgan fingerprint density at radius 3 is 2.59 bits per heavy atom. The van der Waals surface area contributed by atoms with E-state index in [0.717, 1.165) is 37.0 Å². The van der Waals surface area contributed by atoms with Crippen LogP contribution in [0.1, 0.15) is 54.4 Å². The van der Waals surface area contributed by atoms with E-state index in [2.05, 4.69) is 5.32 Å². The van der Waals surface area contributed by atoms with Crippen LogP contribution in [-0.2, 0) is 20.9 Å². The van der Waals surface area contributed by atoms with Crippen LogP contribution in [0.3, 0.4) is 0 Å². The molecule has 7 nitrogen and oxygen atoms in total. The van der Waals surface area contributed by atoms with Gasteiger partial charge in [0.25, 0.3) is 5.91 Å². The zero-order chi connectivity index (χ0) is 19.0. The van der Waals surface area contributed by atoms with Gasteiger partial charge in [0.05, 0.1) is 6.10 Å². The molecule has 2 aliphatic heterocycles. The van der Waals surface area contributed by atoms with E-state index in [1.165, 1.54) is 0 Å². The third-order valence-corrected chi connectivity index (χ3v) is 5.73. The monoisotopic (exact) mass is 372 g/mol. The predicted octanol–water partition coefficient (Wildman–Crippen LogP) is 1.78. The maximum atomic E-state index is 12.7. The lowest BCUT2D eigenvalue weighted by Crippen LogP contribution is -2.52. The number of rotatable bonds is 4. The summed E-state index contributed by atoms with van der Waals surface area (Å²) in [5.74, 6) is -0.121. The number of nitrogens with zero attached hydrogens (tertiary/aromatic N) is 1. The van der Waals surface area contributed by atoms with Gasteiger partial charge in [0.1, 0.15) is 17.9 Å². The first-order valence-electron chi connectivity index (χ1n) is 9.54. The van der Waals surface area contributed by atoms with Crippen LogP contribution in [0, 0.1) is 0 Å². The van der Waals surface area contributed by atoms with E-state index in [-0.39, 0.29) is 30.4 Å². The van der Waals surface area contributed by atoms with Crippen molar-refractivity contribution < 1.29 is 23.9 Å². The topological polar surface area (TPSA) is 84.9 Å². The molecule has 27 heavy (non-hydrogen) atoms. The molecule has 1 aromatic rings. The molecule has 3 aliphatic rings. The number of carbonyl (C=O) groups is 3. The van der Waals surface area contributed by atoms with E-state index >= 15 is 0 Å². The van der Waals surface area contributed by atoms with E-state index in [0.29, 0.717) is 18.5 Å². The minimum atomic E-state index is -0.594. The molecule has 4 rings (SSSR count). The Labute approximate surface area is 158 Å². The van der Waals surface area contributed by atoms with Gasteiger partial charge in [-0.2, -0.15) is 0 Å². The zero-order valence-corrected chi connectivity index (χ0v) is 15.4. The Balaban J connectivity index is 1.49. The first kappa shape index (κ1) is 18.0. The Morgan fingerprint density at radius 2 is 1.85 bits per heavy atom. The molecule has 0 aromatic heterocycles. The number of imide groups is 1. The standard InChI is InChI=1S/C20H24N2O5/c1-26-16-4-2-3-5-17(16)27-13-6-7-14-12(10-13)11-22(20(14)25)15-8-9-18(23)21-19(15)24/h6-7,10,15-17H,2-5,8-9,11H2,1H3,(H,21,23,24)/t15?,16-,17-/m0/s1. The van der Waals surface area contributed by atoms with Crippen molar-refractivity contribution in [3.63, 3.8) is 0 Å². The van der Waals surface area contributed by atoms with Gasteiger partial charge in [0.15, 0.2) is 0 Å². The average molecular weight is 372 g/mol. The van der Waals surface area contributed by atoms with Crippen LogP contribution in [0.4, 0.5) is 0 Å². The van der Waals surface area contributed by atoms with E-state index < -0.39 is 11.9 Å². The highest BCUT2D eigenvalue weighted by Crippen LogP contribution is 2.32. The highest BCUT2D eigenvalue weighted by molar-refractivity contribution is 6.05. The number of methoxy groups -OCH3 is 1. The lowest BCUT2D eigenvalue weighted by atomic mass is 9.94. The molecule has 1 aromatic carbocycles. The molecule has 1 aliphatic carbocycles. The number of piperidine rings is 1. The summed E-state index contributed by atoms with van der Waals surface area (Å²) in [6, 6.07) is 4.87. The molecule has 0 spiro atoms. The van der Waals surface area contributed by atoms with Crippen molar-refractivity contribution in [1.29, 1.82) is 0 Å². The fraction of sp³-hybridized carbons (Fsp3) is 0.550. The van der Waals surface area contributed by atoms with Crippen molar-refractivity contribution in [1.82, 2.24) is 10.2 Å². The second-order valence-electron chi connectivity index (χ2n) is 7.43. The van der Waals surface area contributed by atoms with Gasteiger partial charge in [0.2, 0.25) is 11.8 Å². The maximum Gasteiger partial charge on any atom is 0.255 e. The molecule has 0 radical (unpaired) electrons. The molecule has 3 amide bonds. The zero-order valence-electron chi connectivity index (χ0n) is 15.4. The summed E-state index contributed by atoms with van der Waals surface area (Å²) in [5, 5.41) is 2.32. The van der Waals surface area contributed by atoms with Gasteiger partial charge in [-0.1, -0.05) is 6.42 Å². The van der Waals surface area contributed by atoms with Gasteiger partial charge in [-0.3, -0.25) is 19.7 Å². The number of nitrogens with one attached hydrogen (secondary N) is 1. The lowest BCUT2D eigenvalue weighted by molar-refractivity contribution is -0.136. The van der Waals surface area contributed by atoms with Crippen LogP contribution < -0.4 is 10.1 Å². The first-order chi connectivity index (χ1) is 13.1. The summed E-state index contributed by atoms with van der Waals surface area (Å²) >= 11 is 0. The predicted molar refractivity (Wildman–Crippen MR) is 96.2 cm³/mol. The smallest absolute Gasteiger partial charge is 0.255 e. The van der Waals surface area contributed by atoms with Crippen molar-refractivity contribution in [3.05, 3.63) is 29.3 Å². The Morgan fingerprint density at radius 1 is 1.07 bits per heavy atom. The fourth-order valence-corrected chi connectivity index (χ4v) is 4.27. The third kappa shape index (κ3) is 3.43. The quantitative estimate of drug-likeness (QED) is 0.815. The number of amides is 3. The van der Waals surface area contributed by atoms with Gasteiger partial charge in [-0.15, -0.1) is 0 Å². The summed E-state index contributed by atoms with van der Waals surface area (Å²) in [6.45, 7) is 0.357. The van der Waals surface area contributed by atoms with Gasteiger partial charge in [-0.05, 0) is 49.4 Å². The Kier molecular flexibility index (Phi) is 4.86. The number of hydrogen-bond acceptors (Lipinski definition) is 5. The highest BCUT2D eigenvalue weighted by Gasteiger charge is 2.39. The molecule has 1 unspecified atom stereocenters. The Hall–Kier alpha value is -2.41. The second kappa shape index (κ2) is 7.31. The SMILES string of the molecule is CO[C@H]1CCCC[C@@H]1Oc1ccc2c(c1)CN(C1CCC(=O)NC1=O)C2=O. The minimum absolute atomic E-state index is 0.0187. The molecular formula is C20H24N2O5. The van der Waals surface area contributed by atoms with E-state index in [9.17, 15) is 14.4 Å². The fourth-order valence-electron chi connectivity index (χ4n) is 4.27. The van der Waals surface area contributed by atoms with Crippen molar-refractivity contribution >= 4 is 17.7 Å². The van der Waals surface area contributed by atoms with E-state index in [1.807, 2.05) is 12.1 Å². The van der Waals surface area contributed by atoms with Crippen LogP contribution in [0.25, 0.3) is 0 Å². The molecule has 7 heteroatoms. The van der Waals surface area contributed by atoms with Gasteiger partial charge < -0.3 is 14.4 Å². The molecule has 144 valence electrons. The molecular weight excluding hydrogens is 348 g/mol. The van der Waals surface area contributed by atoms with E-state index in [1.54, 1.807) is 18.1 Å². The molecule has 1 saturated heterocycles. The number of fused-ring (bicyclic) bond motifs is 1. The van der Waals surface area contributed by atoms with Gasteiger partial charge in [-0.25, -0.2) is 0 Å². The summed E-state index contributed by atoms with van der Waals surface area (Å²) in [5.41, 5.74) is 1.45. The van der Waals surface area contributed by atoms with Crippen molar-refractivity contribution in [2.45, 2.75) is 63.3 Å². The van der Waals surface area contributed by atoms with Crippen molar-refractivity contribution in [3.8, 4) is 5.75 Å². The minimum Gasteiger partial charge on any atom is -0.488 e. The van der Waals surface area contributed by atoms with Crippen molar-refractivity contribution in [2.75, 3.05) is 7.11 Å². The summed E-state index contributed by atoms with van der Waals surface area (Å²) < 4.78 is 11.7. The number of carbonyl (C=O) groups excluding carboxylic acids is 3. The summed E-state index contributed by atoms with van der Waals surface area (Å²) in [7, 11) is 1.71. The summed E-state index contributed by atoms with van der Waals surface area (Å²) in [4.78, 5) is 37.8. The normalized spacial score (nSPS) is 28.1. The molecule has 3 atom stereocenters. The molecule has 2 heterocycles. The number of benzene rings is 1. The molecule has 0 bridgehead atoms.